The summed E-state index contributed by atoms with van der Waals surface area (Å²) in [5.74, 6) is -0.0112. The van der Waals surface area contributed by atoms with Crippen molar-refractivity contribution in [2.24, 2.45) is 5.73 Å². The number of anilines is 1. The molecule has 1 atom stereocenters. The van der Waals surface area contributed by atoms with Crippen LogP contribution in [0.2, 0.25) is 0 Å². The Morgan fingerprint density at radius 3 is 2.75 bits per heavy atom. The minimum atomic E-state index is -4.36. The van der Waals surface area contributed by atoms with E-state index in [0.29, 0.717) is 19.5 Å². The molecule has 0 aliphatic carbocycles. The van der Waals surface area contributed by atoms with Gasteiger partial charge in [-0.25, -0.2) is 4.98 Å². The normalized spacial score (nSPS) is 21.5. The van der Waals surface area contributed by atoms with Gasteiger partial charge < -0.3 is 10.6 Å². The van der Waals surface area contributed by atoms with E-state index in [1.807, 2.05) is 0 Å². The molecule has 0 spiro atoms. The van der Waals surface area contributed by atoms with Crippen LogP contribution in [0.3, 0.4) is 0 Å². The summed E-state index contributed by atoms with van der Waals surface area (Å²) >= 11 is 0. The van der Waals surface area contributed by atoms with Gasteiger partial charge in [-0.05, 0) is 18.6 Å². The molecule has 1 aromatic heterocycles. The fraction of sp³-hybridized carbons (Fsp3) is 0.500. The molecule has 1 aromatic rings. The Kier molecular flexibility index (Phi) is 2.75. The van der Waals surface area contributed by atoms with E-state index in [2.05, 4.69) is 4.98 Å². The van der Waals surface area contributed by atoms with Gasteiger partial charge in [0.25, 0.3) is 0 Å². The first kappa shape index (κ1) is 11.2. The van der Waals surface area contributed by atoms with Crippen LogP contribution in [-0.4, -0.2) is 24.1 Å². The van der Waals surface area contributed by atoms with E-state index in [4.69, 9.17) is 5.73 Å². The van der Waals surface area contributed by atoms with Crippen molar-refractivity contribution in [3.05, 3.63) is 23.9 Å². The molecule has 0 radical (unpaired) electrons. The Hall–Kier alpha value is -1.30. The topological polar surface area (TPSA) is 42.1 Å². The number of pyridine rings is 1. The van der Waals surface area contributed by atoms with Crippen LogP contribution in [0.1, 0.15) is 12.0 Å². The van der Waals surface area contributed by atoms with E-state index in [1.165, 1.54) is 12.3 Å². The first-order valence-electron chi connectivity index (χ1n) is 5.01. The lowest BCUT2D eigenvalue weighted by Gasteiger charge is -2.21. The predicted molar refractivity (Wildman–Crippen MR) is 54.0 cm³/mol. The van der Waals surface area contributed by atoms with Crippen molar-refractivity contribution >= 4 is 5.82 Å². The van der Waals surface area contributed by atoms with Crippen molar-refractivity contribution in [3.8, 4) is 0 Å². The number of nitrogens with two attached hydrogens (primary N) is 1. The second-order valence-electron chi connectivity index (χ2n) is 3.87. The highest BCUT2D eigenvalue weighted by Crippen LogP contribution is 2.35. The van der Waals surface area contributed by atoms with Crippen LogP contribution in [0.15, 0.2) is 18.3 Å². The fourth-order valence-electron chi connectivity index (χ4n) is 1.85. The number of aromatic nitrogens is 1. The molecular weight excluding hydrogens is 219 g/mol. The number of hydrogen-bond acceptors (Lipinski definition) is 3. The SMILES string of the molecule is NC1CCN(c2ncccc2C(F)(F)F)C1. The Balaban J connectivity index is 2.34. The van der Waals surface area contributed by atoms with Gasteiger partial charge in [0.05, 0.1) is 5.56 Å². The van der Waals surface area contributed by atoms with Crippen LogP contribution in [0, 0.1) is 0 Å². The molecule has 0 aromatic carbocycles. The van der Waals surface area contributed by atoms with Crippen molar-refractivity contribution in [2.75, 3.05) is 18.0 Å². The largest absolute Gasteiger partial charge is 0.419 e. The molecule has 88 valence electrons. The molecular formula is C10H12F3N3. The Bertz CT molecular complexity index is 378. The maximum absolute atomic E-state index is 12.7. The zero-order chi connectivity index (χ0) is 11.8. The molecule has 16 heavy (non-hydrogen) atoms. The van der Waals surface area contributed by atoms with E-state index in [1.54, 1.807) is 4.90 Å². The van der Waals surface area contributed by atoms with Crippen molar-refractivity contribution in [2.45, 2.75) is 18.6 Å². The molecule has 2 N–H and O–H groups in total. The Morgan fingerprint density at radius 1 is 1.44 bits per heavy atom. The van der Waals surface area contributed by atoms with Crippen LogP contribution in [0.25, 0.3) is 0 Å². The minimum absolute atomic E-state index is 0.0112. The lowest BCUT2D eigenvalue weighted by molar-refractivity contribution is -0.137. The summed E-state index contributed by atoms with van der Waals surface area (Å²) in [5.41, 5.74) is 4.98. The quantitative estimate of drug-likeness (QED) is 0.798. The number of nitrogens with zero attached hydrogens (tertiary/aromatic N) is 2. The summed E-state index contributed by atoms with van der Waals surface area (Å²) in [6.45, 7) is 0.960. The molecule has 0 amide bonds. The second kappa shape index (κ2) is 3.93. The number of hydrogen-bond donors (Lipinski definition) is 1. The smallest absolute Gasteiger partial charge is 0.355 e. The summed E-state index contributed by atoms with van der Waals surface area (Å²) in [4.78, 5) is 5.40. The standard InChI is InChI=1S/C10H12F3N3/c11-10(12,13)8-2-1-4-15-9(8)16-5-3-7(14)6-16/h1-2,4,7H,3,5-6,14H2. The zero-order valence-electron chi connectivity index (χ0n) is 8.54. The monoisotopic (exact) mass is 231 g/mol. The molecule has 1 unspecified atom stereocenters. The Morgan fingerprint density at radius 2 is 2.19 bits per heavy atom. The highest BCUT2D eigenvalue weighted by Gasteiger charge is 2.36. The third kappa shape index (κ3) is 2.11. The van der Waals surface area contributed by atoms with Crippen molar-refractivity contribution in [1.29, 1.82) is 0 Å². The van der Waals surface area contributed by atoms with Gasteiger partial charge in [0.2, 0.25) is 0 Å². The van der Waals surface area contributed by atoms with Gasteiger partial charge in [-0.1, -0.05) is 0 Å². The number of halogens is 3. The van der Waals surface area contributed by atoms with Gasteiger partial charge in [-0.2, -0.15) is 13.2 Å². The van der Waals surface area contributed by atoms with Gasteiger partial charge in [0.15, 0.2) is 0 Å². The maximum atomic E-state index is 12.7. The number of rotatable bonds is 1. The van der Waals surface area contributed by atoms with E-state index < -0.39 is 11.7 Å². The minimum Gasteiger partial charge on any atom is -0.355 e. The molecule has 3 nitrogen and oxygen atoms in total. The van der Waals surface area contributed by atoms with Gasteiger partial charge in [-0.3, -0.25) is 0 Å². The Labute approximate surface area is 91.1 Å². The molecule has 2 heterocycles. The molecule has 1 aliphatic rings. The van der Waals surface area contributed by atoms with Gasteiger partial charge in [0, 0.05) is 25.3 Å². The van der Waals surface area contributed by atoms with Crippen molar-refractivity contribution in [1.82, 2.24) is 4.98 Å². The molecule has 2 rings (SSSR count). The maximum Gasteiger partial charge on any atom is 0.419 e. The van der Waals surface area contributed by atoms with E-state index in [9.17, 15) is 13.2 Å². The third-order valence-electron chi connectivity index (χ3n) is 2.62. The fourth-order valence-corrected chi connectivity index (χ4v) is 1.85. The zero-order valence-corrected chi connectivity index (χ0v) is 8.54. The molecule has 1 fully saturated rings. The summed E-state index contributed by atoms with van der Waals surface area (Å²) in [7, 11) is 0. The van der Waals surface area contributed by atoms with Gasteiger partial charge in [0.1, 0.15) is 5.82 Å². The molecule has 0 bridgehead atoms. The van der Waals surface area contributed by atoms with Crippen LogP contribution in [-0.2, 0) is 6.18 Å². The van der Waals surface area contributed by atoms with Crippen LogP contribution >= 0.6 is 0 Å². The highest BCUT2D eigenvalue weighted by molar-refractivity contribution is 5.49. The molecule has 1 saturated heterocycles. The summed E-state index contributed by atoms with van der Waals surface area (Å²) in [5, 5.41) is 0. The van der Waals surface area contributed by atoms with E-state index in [0.717, 1.165) is 6.07 Å². The summed E-state index contributed by atoms with van der Waals surface area (Å²) in [6, 6.07) is 2.28. The lowest BCUT2D eigenvalue weighted by atomic mass is 10.2. The van der Waals surface area contributed by atoms with Gasteiger partial charge in [-0.15, -0.1) is 0 Å². The average molecular weight is 231 g/mol. The molecule has 0 saturated carbocycles. The first-order valence-corrected chi connectivity index (χ1v) is 5.01. The summed E-state index contributed by atoms with van der Waals surface area (Å²) < 4.78 is 38.1. The van der Waals surface area contributed by atoms with Crippen LogP contribution in [0.4, 0.5) is 19.0 Å². The second-order valence-corrected chi connectivity index (χ2v) is 3.87. The van der Waals surface area contributed by atoms with Crippen LogP contribution in [0.5, 0.6) is 0 Å². The molecule has 6 heteroatoms. The molecule has 1 aliphatic heterocycles. The summed E-state index contributed by atoms with van der Waals surface area (Å²) in [6.07, 6.45) is -2.29. The van der Waals surface area contributed by atoms with Gasteiger partial charge >= 0.3 is 6.18 Å². The predicted octanol–water partition coefficient (Wildman–Crippen LogP) is 1.64. The van der Waals surface area contributed by atoms with Crippen molar-refractivity contribution < 1.29 is 13.2 Å². The van der Waals surface area contributed by atoms with E-state index in [-0.39, 0.29) is 11.9 Å². The lowest BCUT2D eigenvalue weighted by Crippen LogP contribution is -2.28. The highest BCUT2D eigenvalue weighted by atomic mass is 19.4. The number of alkyl halides is 3. The first-order chi connectivity index (χ1) is 7.48. The van der Waals surface area contributed by atoms with Crippen LogP contribution < -0.4 is 10.6 Å². The third-order valence-corrected chi connectivity index (χ3v) is 2.62. The van der Waals surface area contributed by atoms with E-state index >= 15 is 0 Å². The van der Waals surface area contributed by atoms with Crippen molar-refractivity contribution in [3.63, 3.8) is 0 Å². The average Bonchev–Trinajstić information content (AvgIpc) is 2.64.